The Morgan fingerprint density at radius 1 is 1.08 bits per heavy atom. The Bertz CT molecular complexity index is 826. The molecule has 2 aliphatic rings. The highest BCUT2D eigenvalue weighted by molar-refractivity contribution is 7.14. The molecule has 0 spiro atoms. The van der Waals surface area contributed by atoms with Gasteiger partial charge in [0.25, 0.3) is 11.8 Å². The van der Waals surface area contributed by atoms with Gasteiger partial charge in [0.2, 0.25) is 0 Å². The van der Waals surface area contributed by atoms with E-state index >= 15 is 0 Å². The second-order valence-corrected chi connectivity index (χ2v) is 7.96. The molecule has 4 rings (SSSR count). The van der Waals surface area contributed by atoms with Crippen LogP contribution in [0.15, 0.2) is 29.6 Å². The minimum Gasteiger partial charge on any atom is -0.352 e. The zero-order valence-electron chi connectivity index (χ0n) is 14.6. The lowest BCUT2D eigenvalue weighted by Gasteiger charge is -2.27. The number of thiophene rings is 1. The normalized spacial score (nSPS) is 16.5. The van der Waals surface area contributed by atoms with Crippen LogP contribution >= 0.6 is 11.3 Å². The fraction of sp³-hybridized carbons (Fsp3) is 0.400. The molecule has 3 N–H and O–H groups in total. The molecule has 1 aromatic heterocycles. The number of benzene rings is 1. The third kappa shape index (κ3) is 3.66. The topological polar surface area (TPSA) is 70.2 Å². The molecule has 5 nitrogen and oxygen atoms in total. The second-order valence-electron chi connectivity index (χ2n) is 7.04. The molecule has 2 aromatic rings. The molecule has 1 aliphatic heterocycles. The summed E-state index contributed by atoms with van der Waals surface area (Å²) in [6.45, 7) is 2.57. The summed E-state index contributed by atoms with van der Waals surface area (Å²) in [4.78, 5) is 25.1. The lowest BCUT2D eigenvalue weighted by molar-refractivity contribution is 0.0943. The number of fused-ring (bicyclic) bond motifs is 1. The smallest absolute Gasteiger partial charge is 0.256 e. The van der Waals surface area contributed by atoms with Gasteiger partial charge in [-0.25, -0.2) is 0 Å². The maximum absolute atomic E-state index is 12.6. The van der Waals surface area contributed by atoms with E-state index in [0.717, 1.165) is 25.9 Å². The van der Waals surface area contributed by atoms with E-state index in [1.165, 1.54) is 35.3 Å². The van der Waals surface area contributed by atoms with Gasteiger partial charge in [-0.3, -0.25) is 9.59 Å². The highest BCUT2D eigenvalue weighted by Gasteiger charge is 2.20. The summed E-state index contributed by atoms with van der Waals surface area (Å²) < 4.78 is 0. The van der Waals surface area contributed by atoms with Gasteiger partial charge in [-0.1, -0.05) is 6.07 Å². The van der Waals surface area contributed by atoms with Gasteiger partial charge in [-0.15, -0.1) is 11.3 Å². The highest BCUT2D eigenvalue weighted by Crippen LogP contribution is 2.26. The lowest BCUT2D eigenvalue weighted by atomic mass is 9.90. The van der Waals surface area contributed by atoms with Crippen molar-refractivity contribution in [2.45, 2.75) is 25.7 Å². The quantitative estimate of drug-likeness (QED) is 0.759. The molecule has 26 heavy (non-hydrogen) atoms. The third-order valence-corrected chi connectivity index (χ3v) is 5.99. The summed E-state index contributed by atoms with van der Waals surface area (Å²) in [5.41, 5.74) is 3.83. The molecular formula is C20H23N3O2S. The summed E-state index contributed by atoms with van der Waals surface area (Å²) in [6, 6.07) is 7.72. The van der Waals surface area contributed by atoms with Crippen molar-refractivity contribution < 1.29 is 9.59 Å². The van der Waals surface area contributed by atoms with Crippen molar-refractivity contribution >= 4 is 28.2 Å². The maximum atomic E-state index is 12.6. The van der Waals surface area contributed by atoms with Gasteiger partial charge in [0, 0.05) is 31.1 Å². The van der Waals surface area contributed by atoms with Crippen LogP contribution in [0.4, 0.5) is 5.00 Å². The van der Waals surface area contributed by atoms with Gasteiger partial charge >= 0.3 is 0 Å². The minimum absolute atomic E-state index is 0.126. The largest absolute Gasteiger partial charge is 0.352 e. The van der Waals surface area contributed by atoms with E-state index in [4.69, 9.17) is 0 Å². The standard InChI is InChI=1S/C20H23N3O2S/c24-18(16-6-5-14-3-1-2-4-15(14)9-16)23-20-17(7-8-26-20)19(25)22-12-13-10-21-11-13/h5-9,13,21H,1-4,10-12H2,(H,22,25)(H,23,24). The van der Waals surface area contributed by atoms with E-state index in [1.807, 2.05) is 17.5 Å². The average Bonchev–Trinajstić information content (AvgIpc) is 3.08. The summed E-state index contributed by atoms with van der Waals surface area (Å²) in [7, 11) is 0. The first-order chi connectivity index (χ1) is 12.7. The molecule has 1 saturated heterocycles. The fourth-order valence-corrected chi connectivity index (χ4v) is 4.24. The number of hydrogen-bond donors (Lipinski definition) is 3. The predicted molar refractivity (Wildman–Crippen MR) is 104 cm³/mol. The number of aryl methyl sites for hydroxylation is 2. The van der Waals surface area contributed by atoms with Crippen LogP contribution in [0, 0.1) is 5.92 Å². The molecular weight excluding hydrogens is 346 g/mol. The van der Waals surface area contributed by atoms with E-state index in [0.29, 0.717) is 28.6 Å². The lowest BCUT2D eigenvalue weighted by Crippen LogP contribution is -2.48. The number of carbonyl (C=O) groups is 2. The molecule has 1 aromatic carbocycles. The number of rotatable bonds is 5. The van der Waals surface area contributed by atoms with Crippen molar-refractivity contribution in [1.82, 2.24) is 10.6 Å². The molecule has 136 valence electrons. The predicted octanol–water partition coefficient (Wildman–Crippen LogP) is 2.83. The molecule has 2 heterocycles. The number of carbonyl (C=O) groups excluding carboxylic acids is 2. The Hall–Kier alpha value is -2.18. The van der Waals surface area contributed by atoms with Gasteiger partial charge in [0.1, 0.15) is 5.00 Å². The van der Waals surface area contributed by atoms with Crippen LogP contribution in [0.25, 0.3) is 0 Å². The Balaban J connectivity index is 1.43. The molecule has 1 fully saturated rings. The van der Waals surface area contributed by atoms with Crippen LogP contribution in [-0.2, 0) is 12.8 Å². The van der Waals surface area contributed by atoms with E-state index in [2.05, 4.69) is 22.0 Å². The van der Waals surface area contributed by atoms with Crippen molar-refractivity contribution in [3.63, 3.8) is 0 Å². The number of hydrogen-bond acceptors (Lipinski definition) is 4. The monoisotopic (exact) mass is 369 g/mol. The molecule has 2 amide bonds. The highest BCUT2D eigenvalue weighted by atomic mass is 32.1. The molecule has 0 saturated carbocycles. The Morgan fingerprint density at radius 3 is 2.65 bits per heavy atom. The fourth-order valence-electron chi connectivity index (χ4n) is 3.46. The maximum Gasteiger partial charge on any atom is 0.256 e. The van der Waals surface area contributed by atoms with Crippen molar-refractivity contribution in [2.75, 3.05) is 25.0 Å². The SMILES string of the molecule is O=C(Nc1sccc1C(=O)NCC1CNC1)c1ccc2c(c1)CCCC2. The summed E-state index contributed by atoms with van der Waals surface area (Å²) in [6.07, 6.45) is 4.55. The minimum atomic E-state index is -0.155. The first-order valence-corrected chi connectivity index (χ1v) is 10.1. The molecule has 0 atom stereocenters. The summed E-state index contributed by atoms with van der Waals surface area (Å²) in [5, 5.41) is 11.5. The van der Waals surface area contributed by atoms with Crippen LogP contribution in [0.2, 0.25) is 0 Å². The third-order valence-electron chi connectivity index (χ3n) is 5.16. The van der Waals surface area contributed by atoms with Crippen LogP contribution in [0.5, 0.6) is 0 Å². The summed E-state index contributed by atoms with van der Waals surface area (Å²) in [5.74, 6) is 0.225. The van der Waals surface area contributed by atoms with E-state index in [9.17, 15) is 9.59 Å². The molecule has 0 radical (unpaired) electrons. The Labute approximate surface area is 157 Å². The van der Waals surface area contributed by atoms with Crippen molar-refractivity contribution in [3.05, 3.63) is 51.9 Å². The number of amides is 2. The van der Waals surface area contributed by atoms with E-state index in [1.54, 1.807) is 6.07 Å². The average molecular weight is 369 g/mol. The molecule has 1 aliphatic carbocycles. The zero-order valence-corrected chi connectivity index (χ0v) is 15.5. The van der Waals surface area contributed by atoms with Gasteiger partial charge < -0.3 is 16.0 Å². The van der Waals surface area contributed by atoms with Crippen LogP contribution in [0.3, 0.4) is 0 Å². The molecule has 6 heteroatoms. The Morgan fingerprint density at radius 2 is 1.88 bits per heavy atom. The van der Waals surface area contributed by atoms with E-state index in [-0.39, 0.29) is 11.8 Å². The number of nitrogens with one attached hydrogen (secondary N) is 3. The van der Waals surface area contributed by atoms with Crippen molar-refractivity contribution in [1.29, 1.82) is 0 Å². The number of anilines is 1. The first-order valence-electron chi connectivity index (χ1n) is 9.20. The van der Waals surface area contributed by atoms with Gasteiger partial charge in [0.05, 0.1) is 5.56 Å². The summed E-state index contributed by atoms with van der Waals surface area (Å²) >= 11 is 1.38. The Kier molecular flexibility index (Phi) is 5.04. The van der Waals surface area contributed by atoms with Crippen LogP contribution in [-0.4, -0.2) is 31.4 Å². The zero-order chi connectivity index (χ0) is 17.9. The second kappa shape index (κ2) is 7.60. The molecule has 0 bridgehead atoms. The van der Waals surface area contributed by atoms with Gasteiger partial charge in [0.15, 0.2) is 0 Å². The van der Waals surface area contributed by atoms with E-state index < -0.39 is 0 Å². The van der Waals surface area contributed by atoms with Crippen molar-refractivity contribution in [3.8, 4) is 0 Å². The van der Waals surface area contributed by atoms with Crippen LogP contribution < -0.4 is 16.0 Å². The molecule has 0 unspecified atom stereocenters. The first kappa shape index (κ1) is 17.2. The van der Waals surface area contributed by atoms with Gasteiger partial charge in [-0.05, 0) is 60.4 Å². The van der Waals surface area contributed by atoms with Crippen molar-refractivity contribution in [2.24, 2.45) is 5.92 Å². The van der Waals surface area contributed by atoms with Gasteiger partial charge in [-0.2, -0.15) is 0 Å². The van der Waals surface area contributed by atoms with Crippen LogP contribution in [0.1, 0.15) is 44.7 Å².